The Hall–Kier alpha value is -3.42. The highest BCUT2D eigenvalue weighted by Crippen LogP contribution is 2.23. The first-order chi connectivity index (χ1) is 12.4. The van der Waals surface area contributed by atoms with Crippen LogP contribution in [0, 0.1) is 0 Å². The molecule has 0 bridgehead atoms. The summed E-state index contributed by atoms with van der Waals surface area (Å²) in [7, 11) is 0. The second-order valence-corrected chi connectivity index (χ2v) is 5.28. The molecule has 8 heteroatoms. The smallest absolute Gasteiger partial charge is 0.374 e. The Kier molecular flexibility index (Phi) is 6.26. The summed E-state index contributed by atoms with van der Waals surface area (Å²) in [5.41, 5.74) is 1.25. The normalized spacial score (nSPS) is 10.1. The molecule has 0 aliphatic carbocycles. The van der Waals surface area contributed by atoms with E-state index >= 15 is 0 Å². The predicted octanol–water partition coefficient (Wildman–Crippen LogP) is 2.15. The van der Waals surface area contributed by atoms with Gasteiger partial charge in [-0.05, 0) is 26.0 Å². The largest absolute Gasteiger partial charge is 0.450 e. The molecule has 8 nitrogen and oxygen atoms in total. The number of rotatable bonds is 6. The maximum Gasteiger partial charge on any atom is 0.374 e. The fourth-order valence-electron chi connectivity index (χ4n) is 2.04. The average Bonchev–Trinajstić information content (AvgIpc) is 3.10. The standard InChI is InChI=1S/C18H18N2O6/c1-3-19-18(24)20-16(22)10-25-17(23)15-9-8-14(26-15)13-6-4-12(5-7-13)11(2)21/h4-9H,3,10H2,1-2H3,(H2,19,20,22,24). The Morgan fingerprint density at radius 3 is 2.35 bits per heavy atom. The number of hydrogen-bond acceptors (Lipinski definition) is 6. The van der Waals surface area contributed by atoms with Crippen molar-refractivity contribution in [3.8, 4) is 11.3 Å². The number of carbonyl (C=O) groups is 4. The molecule has 136 valence electrons. The number of benzene rings is 1. The van der Waals surface area contributed by atoms with E-state index in [-0.39, 0.29) is 11.5 Å². The van der Waals surface area contributed by atoms with Crippen LogP contribution in [-0.2, 0) is 9.53 Å². The Labute approximate surface area is 149 Å². The summed E-state index contributed by atoms with van der Waals surface area (Å²) in [5, 5.41) is 4.39. The van der Waals surface area contributed by atoms with Gasteiger partial charge in [0.1, 0.15) is 5.76 Å². The number of nitrogens with one attached hydrogen (secondary N) is 2. The number of hydrogen-bond donors (Lipinski definition) is 2. The van der Waals surface area contributed by atoms with Crippen LogP contribution in [0.25, 0.3) is 11.3 Å². The monoisotopic (exact) mass is 358 g/mol. The van der Waals surface area contributed by atoms with Crippen LogP contribution in [0.1, 0.15) is 34.8 Å². The van der Waals surface area contributed by atoms with Crippen LogP contribution in [0.5, 0.6) is 0 Å². The Bertz CT molecular complexity index is 822. The summed E-state index contributed by atoms with van der Waals surface area (Å²) in [4.78, 5) is 45.8. The molecule has 26 heavy (non-hydrogen) atoms. The van der Waals surface area contributed by atoms with Crippen molar-refractivity contribution in [2.24, 2.45) is 0 Å². The van der Waals surface area contributed by atoms with E-state index in [2.05, 4.69) is 5.32 Å². The summed E-state index contributed by atoms with van der Waals surface area (Å²) >= 11 is 0. The number of Topliss-reactive ketones (excluding diaryl/α,β-unsaturated/α-hetero) is 1. The second-order valence-electron chi connectivity index (χ2n) is 5.28. The molecule has 0 atom stereocenters. The van der Waals surface area contributed by atoms with Crippen LogP contribution in [0.3, 0.4) is 0 Å². The Morgan fingerprint density at radius 2 is 1.73 bits per heavy atom. The van der Waals surface area contributed by atoms with Crippen LogP contribution in [0.15, 0.2) is 40.8 Å². The number of imide groups is 1. The van der Waals surface area contributed by atoms with Crippen LogP contribution < -0.4 is 10.6 Å². The molecule has 0 aliphatic heterocycles. The highest BCUT2D eigenvalue weighted by Gasteiger charge is 2.16. The molecule has 0 saturated heterocycles. The van der Waals surface area contributed by atoms with E-state index in [9.17, 15) is 19.2 Å². The maximum absolute atomic E-state index is 11.9. The van der Waals surface area contributed by atoms with Gasteiger partial charge in [0.2, 0.25) is 5.76 Å². The molecule has 0 saturated carbocycles. The van der Waals surface area contributed by atoms with E-state index in [0.717, 1.165) is 0 Å². The van der Waals surface area contributed by atoms with Crippen molar-refractivity contribution in [3.63, 3.8) is 0 Å². The van der Waals surface area contributed by atoms with Gasteiger partial charge in [-0.3, -0.25) is 14.9 Å². The molecule has 0 radical (unpaired) electrons. The molecule has 2 rings (SSSR count). The lowest BCUT2D eigenvalue weighted by molar-refractivity contribution is -0.123. The van der Waals surface area contributed by atoms with Gasteiger partial charge >= 0.3 is 12.0 Å². The molecule has 2 aromatic rings. The first-order valence-corrected chi connectivity index (χ1v) is 7.86. The highest BCUT2D eigenvalue weighted by atomic mass is 16.5. The number of esters is 1. The van der Waals surface area contributed by atoms with E-state index in [1.807, 2.05) is 5.32 Å². The van der Waals surface area contributed by atoms with E-state index in [1.54, 1.807) is 37.3 Å². The van der Waals surface area contributed by atoms with Crippen LogP contribution in [0.4, 0.5) is 4.79 Å². The SMILES string of the molecule is CCNC(=O)NC(=O)COC(=O)c1ccc(-c2ccc(C(C)=O)cc2)o1. The van der Waals surface area contributed by atoms with E-state index < -0.39 is 24.5 Å². The van der Waals surface area contributed by atoms with Gasteiger partial charge < -0.3 is 14.5 Å². The Morgan fingerprint density at radius 1 is 1.04 bits per heavy atom. The fourth-order valence-corrected chi connectivity index (χ4v) is 2.04. The van der Waals surface area contributed by atoms with Crippen molar-refractivity contribution in [3.05, 3.63) is 47.7 Å². The summed E-state index contributed by atoms with van der Waals surface area (Å²) in [6.45, 7) is 2.92. The zero-order chi connectivity index (χ0) is 19.1. The van der Waals surface area contributed by atoms with Crippen molar-refractivity contribution >= 4 is 23.7 Å². The third-order valence-corrected chi connectivity index (χ3v) is 3.31. The minimum absolute atomic E-state index is 0.0499. The number of furan rings is 1. The van der Waals surface area contributed by atoms with E-state index in [1.165, 1.54) is 13.0 Å². The first-order valence-electron chi connectivity index (χ1n) is 7.86. The average molecular weight is 358 g/mol. The van der Waals surface area contributed by atoms with Gasteiger partial charge in [0.05, 0.1) is 0 Å². The van der Waals surface area contributed by atoms with Crippen molar-refractivity contribution in [2.75, 3.05) is 13.2 Å². The minimum Gasteiger partial charge on any atom is -0.450 e. The fraction of sp³-hybridized carbons (Fsp3) is 0.222. The van der Waals surface area contributed by atoms with Gasteiger partial charge in [-0.1, -0.05) is 24.3 Å². The van der Waals surface area contributed by atoms with Crippen molar-refractivity contribution in [2.45, 2.75) is 13.8 Å². The van der Waals surface area contributed by atoms with Gasteiger partial charge in [0.25, 0.3) is 5.91 Å². The van der Waals surface area contributed by atoms with Crippen LogP contribution in [0.2, 0.25) is 0 Å². The quantitative estimate of drug-likeness (QED) is 0.604. The number of amides is 3. The molecule has 0 aliphatic rings. The van der Waals surface area contributed by atoms with Crippen LogP contribution >= 0.6 is 0 Å². The molecular weight excluding hydrogens is 340 g/mol. The van der Waals surface area contributed by atoms with Crippen molar-refractivity contribution < 1.29 is 28.3 Å². The Balaban J connectivity index is 1.94. The lowest BCUT2D eigenvalue weighted by atomic mass is 10.1. The minimum atomic E-state index is -0.831. The molecule has 0 unspecified atom stereocenters. The van der Waals surface area contributed by atoms with Gasteiger partial charge in [0.15, 0.2) is 12.4 Å². The highest BCUT2D eigenvalue weighted by molar-refractivity contribution is 5.96. The molecule has 1 aromatic carbocycles. The summed E-state index contributed by atoms with van der Waals surface area (Å²) < 4.78 is 10.2. The number of carbonyl (C=O) groups excluding carboxylic acids is 4. The summed E-state index contributed by atoms with van der Waals surface area (Å²) in [6.07, 6.45) is 0. The molecular formula is C18H18N2O6. The number of ether oxygens (including phenoxy) is 1. The molecule has 0 fully saturated rings. The zero-order valence-corrected chi connectivity index (χ0v) is 14.3. The summed E-state index contributed by atoms with van der Waals surface area (Å²) in [6, 6.07) is 9.04. The third kappa shape index (κ3) is 5.04. The number of ketones is 1. The topological polar surface area (TPSA) is 115 Å². The third-order valence-electron chi connectivity index (χ3n) is 3.31. The molecule has 1 heterocycles. The maximum atomic E-state index is 11.9. The lowest BCUT2D eigenvalue weighted by Gasteiger charge is -2.05. The second kappa shape index (κ2) is 8.61. The van der Waals surface area contributed by atoms with E-state index in [0.29, 0.717) is 23.4 Å². The van der Waals surface area contributed by atoms with Crippen LogP contribution in [-0.4, -0.2) is 36.8 Å². The van der Waals surface area contributed by atoms with Gasteiger partial charge in [-0.15, -0.1) is 0 Å². The molecule has 1 aromatic heterocycles. The van der Waals surface area contributed by atoms with Crippen molar-refractivity contribution in [1.29, 1.82) is 0 Å². The predicted molar refractivity (Wildman–Crippen MR) is 91.6 cm³/mol. The van der Waals surface area contributed by atoms with E-state index in [4.69, 9.17) is 9.15 Å². The summed E-state index contributed by atoms with van der Waals surface area (Å²) in [5.74, 6) is -1.30. The first kappa shape index (κ1) is 18.9. The van der Waals surface area contributed by atoms with Gasteiger partial charge in [-0.25, -0.2) is 9.59 Å². The van der Waals surface area contributed by atoms with Gasteiger partial charge in [-0.2, -0.15) is 0 Å². The molecule has 2 N–H and O–H groups in total. The van der Waals surface area contributed by atoms with Crippen molar-refractivity contribution in [1.82, 2.24) is 10.6 Å². The number of urea groups is 1. The molecule has 3 amide bonds. The molecule has 0 spiro atoms. The zero-order valence-electron chi connectivity index (χ0n) is 14.3. The van der Waals surface area contributed by atoms with Gasteiger partial charge in [0, 0.05) is 17.7 Å². The lowest BCUT2D eigenvalue weighted by Crippen LogP contribution is -2.41.